The summed E-state index contributed by atoms with van der Waals surface area (Å²) in [5, 5.41) is 13.0. The Balaban J connectivity index is 1.69. The molecule has 2 aromatic carbocycles. The van der Waals surface area contributed by atoms with Crippen LogP contribution in [0.4, 0.5) is 0 Å². The quantitative estimate of drug-likeness (QED) is 0.569. The van der Waals surface area contributed by atoms with Crippen LogP contribution in [0.15, 0.2) is 59.8 Å². The third-order valence-electron chi connectivity index (χ3n) is 5.21. The highest BCUT2D eigenvalue weighted by atomic mass is 32.2. The molecule has 0 radical (unpaired) electrons. The maximum Gasteiger partial charge on any atom is 0.342 e. The van der Waals surface area contributed by atoms with Crippen molar-refractivity contribution < 1.29 is 17.9 Å². The first-order valence-electron chi connectivity index (χ1n) is 9.64. The Morgan fingerprint density at radius 3 is 2.71 bits per heavy atom. The van der Waals surface area contributed by atoms with E-state index in [9.17, 15) is 13.2 Å². The first-order valence-corrected chi connectivity index (χ1v) is 11.1. The number of hydrogen-bond acceptors (Lipinski definition) is 6. The number of benzene rings is 2. The molecule has 2 heterocycles. The van der Waals surface area contributed by atoms with Crippen molar-refractivity contribution in [3.8, 4) is 6.07 Å². The van der Waals surface area contributed by atoms with E-state index in [0.717, 1.165) is 16.7 Å². The maximum absolute atomic E-state index is 13.4. The zero-order chi connectivity index (χ0) is 22.0. The minimum absolute atomic E-state index is 0.113. The minimum Gasteiger partial charge on any atom is -0.465 e. The van der Waals surface area contributed by atoms with E-state index in [1.165, 1.54) is 22.3 Å². The number of nitrogens with zero attached hydrogens (tertiary/aromatic N) is 4. The molecular weight excluding hydrogens is 416 g/mol. The molecule has 31 heavy (non-hydrogen) atoms. The first kappa shape index (κ1) is 20.8. The molecule has 1 aliphatic heterocycles. The number of ether oxygens (including phenoxy) is 1. The van der Waals surface area contributed by atoms with Crippen molar-refractivity contribution in [1.29, 1.82) is 5.26 Å². The molecule has 1 aliphatic rings. The Labute approximate surface area is 180 Å². The number of carbonyl (C=O) groups excluding carboxylic acids is 1. The number of rotatable bonds is 5. The summed E-state index contributed by atoms with van der Waals surface area (Å²) in [6.07, 6.45) is 1.96. The number of carbonyl (C=O) groups is 1. The second-order valence-corrected chi connectivity index (χ2v) is 9.06. The Morgan fingerprint density at radius 2 is 1.97 bits per heavy atom. The SMILES string of the molecule is COC(=O)c1cn(Cc2cccc(C#N)c2)nc1S(=O)(=O)N1CCc2ccccc2C1. The summed E-state index contributed by atoms with van der Waals surface area (Å²) >= 11 is 0. The average molecular weight is 436 g/mol. The molecule has 0 spiro atoms. The number of sulfonamides is 1. The van der Waals surface area contributed by atoms with Gasteiger partial charge in [0.05, 0.1) is 25.3 Å². The van der Waals surface area contributed by atoms with Crippen LogP contribution in [0.5, 0.6) is 0 Å². The molecule has 1 aromatic heterocycles. The largest absolute Gasteiger partial charge is 0.465 e. The Bertz CT molecular complexity index is 1290. The number of esters is 1. The standard InChI is InChI=1S/C22H20N4O4S/c1-30-22(27)20-15-25(13-17-6-4-5-16(11-17)12-23)24-21(20)31(28,29)26-10-9-18-7-2-3-8-19(18)14-26/h2-8,11,15H,9-10,13-14H2,1H3. The molecule has 8 nitrogen and oxygen atoms in total. The van der Waals surface area contributed by atoms with Gasteiger partial charge in [0.2, 0.25) is 5.03 Å². The van der Waals surface area contributed by atoms with Crippen molar-refractivity contribution >= 4 is 16.0 Å². The summed E-state index contributed by atoms with van der Waals surface area (Å²) in [5.74, 6) is -0.770. The lowest BCUT2D eigenvalue weighted by Crippen LogP contribution is -2.36. The van der Waals surface area contributed by atoms with Gasteiger partial charge in [0, 0.05) is 19.3 Å². The number of nitriles is 1. The second kappa shape index (κ2) is 8.34. The van der Waals surface area contributed by atoms with Gasteiger partial charge in [0.15, 0.2) is 0 Å². The van der Waals surface area contributed by atoms with Crippen molar-refractivity contribution in [2.45, 2.75) is 24.5 Å². The molecule has 0 atom stereocenters. The molecule has 0 saturated carbocycles. The third kappa shape index (κ3) is 4.08. The normalized spacial score (nSPS) is 13.9. The van der Waals surface area contributed by atoms with Crippen LogP contribution in [-0.2, 0) is 34.3 Å². The van der Waals surface area contributed by atoms with Crippen LogP contribution in [0.2, 0.25) is 0 Å². The highest BCUT2D eigenvalue weighted by Crippen LogP contribution is 2.26. The van der Waals surface area contributed by atoms with E-state index < -0.39 is 16.0 Å². The number of methoxy groups -OCH3 is 1. The van der Waals surface area contributed by atoms with Crippen LogP contribution in [0.25, 0.3) is 0 Å². The lowest BCUT2D eigenvalue weighted by atomic mass is 10.0. The third-order valence-corrected chi connectivity index (χ3v) is 7.00. The van der Waals surface area contributed by atoms with Gasteiger partial charge in [0.25, 0.3) is 10.0 Å². The van der Waals surface area contributed by atoms with Gasteiger partial charge < -0.3 is 4.74 Å². The monoisotopic (exact) mass is 436 g/mol. The van der Waals surface area contributed by atoms with Crippen molar-refractivity contribution in [2.75, 3.05) is 13.7 Å². The van der Waals surface area contributed by atoms with Crippen LogP contribution in [0.3, 0.4) is 0 Å². The summed E-state index contributed by atoms with van der Waals surface area (Å²) in [6.45, 7) is 0.727. The van der Waals surface area contributed by atoms with Gasteiger partial charge in [-0.1, -0.05) is 36.4 Å². The number of aromatic nitrogens is 2. The number of fused-ring (bicyclic) bond motifs is 1. The van der Waals surface area contributed by atoms with Gasteiger partial charge in [-0.2, -0.15) is 14.7 Å². The van der Waals surface area contributed by atoms with Crippen LogP contribution in [-0.4, -0.2) is 42.1 Å². The van der Waals surface area contributed by atoms with Crippen LogP contribution >= 0.6 is 0 Å². The zero-order valence-corrected chi connectivity index (χ0v) is 17.7. The van der Waals surface area contributed by atoms with Crippen molar-refractivity contribution in [3.05, 3.63) is 82.5 Å². The maximum atomic E-state index is 13.4. The smallest absolute Gasteiger partial charge is 0.342 e. The molecule has 0 bridgehead atoms. The van der Waals surface area contributed by atoms with E-state index in [2.05, 4.69) is 11.2 Å². The minimum atomic E-state index is -4.03. The van der Waals surface area contributed by atoms with E-state index in [1.807, 2.05) is 24.3 Å². The van der Waals surface area contributed by atoms with Crippen molar-refractivity contribution in [1.82, 2.24) is 14.1 Å². The molecule has 0 N–H and O–H groups in total. The van der Waals surface area contributed by atoms with Crippen molar-refractivity contribution in [3.63, 3.8) is 0 Å². The number of hydrogen-bond donors (Lipinski definition) is 0. The van der Waals surface area contributed by atoms with E-state index in [-0.39, 0.29) is 23.7 Å². The Morgan fingerprint density at radius 1 is 1.19 bits per heavy atom. The van der Waals surface area contributed by atoms with E-state index in [1.54, 1.807) is 24.3 Å². The average Bonchev–Trinajstić information content (AvgIpc) is 3.23. The van der Waals surface area contributed by atoms with Gasteiger partial charge in [-0.3, -0.25) is 4.68 Å². The molecule has 0 saturated heterocycles. The fourth-order valence-corrected chi connectivity index (χ4v) is 5.16. The van der Waals surface area contributed by atoms with E-state index >= 15 is 0 Å². The Hall–Kier alpha value is -3.48. The van der Waals surface area contributed by atoms with Crippen molar-refractivity contribution in [2.24, 2.45) is 0 Å². The van der Waals surface area contributed by atoms with Gasteiger partial charge in [-0.25, -0.2) is 13.2 Å². The predicted molar refractivity (Wildman–Crippen MR) is 112 cm³/mol. The molecule has 9 heteroatoms. The van der Waals surface area contributed by atoms with Gasteiger partial charge in [-0.05, 0) is 35.2 Å². The molecule has 3 aromatic rings. The highest BCUT2D eigenvalue weighted by Gasteiger charge is 2.35. The zero-order valence-electron chi connectivity index (χ0n) is 16.9. The van der Waals surface area contributed by atoms with Crippen LogP contribution < -0.4 is 0 Å². The summed E-state index contributed by atoms with van der Waals surface area (Å²) in [5.41, 5.74) is 3.18. The topological polar surface area (TPSA) is 105 Å². The first-order chi connectivity index (χ1) is 14.9. The molecular formula is C22H20N4O4S. The van der Waals surface area contributed by atoms with Crippen LogP contribution in [0.1, 0.15) is 32.6 Å². The van der Waals surface area contributed by atoms with E-state index in [4.69, 9.17) is 10.00 Å². The lowest BCUT2D eigenvalue weighted by molar-refractivity contribution is 0.0596. The second-order valence-electron chi connectivity index (χ2n) is 7.21. The van der Waals surface area contributed by atoms with Gasteiger partial charge in [-0.15, -0.1) is 0 Å². The highest BCUT2D eigenvalue weighted by molar-refractivity contribution is 7.89. The van der Waals surface area contributed by atoms with Crippen LogP contribution in [0, 0.1) is 11.3 Å². The molecule has 0 unspecified atom stereocenters. The summed E-state index contributed by atoms with van der Waals surface area (Å²) < 4.78 is 34.3. The molecule has 0 aliphatic carbocycles. The molecule has 158 valence electrons. The molecule has 4 rings (SSSR count). The molecule has 0 amide bonds. The summed E-state index contributed by atoms with van der Waals surface area (Å²) in [7, 11) is -2.83. The lowest BCUT2D eigenvalue weighted by Gasteiger charge is -2.27. The predicted octanol–water partition coefficient (Wildman–Crippen LogP) is 2.34. The summed E-state index contributed by atoms with van der Waals surface area (Å²) in [6, 6.07) is 16.7. The molecule has 0 fully saturated rings. The fraction of sp³-hybridized carbons (Fsp3) is 0.227. The van der Waals surface area contributed by atoms with Gasteiger partial charge in [0.1, 0.15) is 5.56 Å². The Kier molecular flexibility index (Phi) is 5.59. The van der Waals surface area contributed by atoms with Gasteiger partial charge >= 0.3 is 5.97 Å². The van der Waals surface area contributed by atoms with E-state index in [0.29, 0.717) is 18.5 Å². The fourth-order valence-electron chi connectivity index (χ4n) is 3.65. The summed E-state index contributed by atoms with van der Waals surface area (Å²) in [4.78, 5) is 12.3.